The summed E-state index contributed by atoms with van der Waals surface area (Å²) in [6.45, 7) is 6.98. The Morgan fingerprint density at radius 2 is 2.50 bits per heavy atom. The van der Waals surface area contributed by atoms with Crippen LogP contribution in [0.5, 0.6) is 0 Å². The van der Waals surface area contributed by atoms with Crippen molar-refractivity contribution in [2.24, 2.45) is 5.92 Å². The van der Waals surface area contributed by atoms with Gasteiger partial charge in [0.25, 0.3) is 5.91 Å². The molecule has 2 heterocycles. The van der Waals surface area contributed by atoms with Gasteiger partial charge in [0.2, 0.25) is 0 Å². The molecule has 2 atom stereocenters. The van der Waals surface area contributed by atoms with Crippen molar-refractivity contribution in [1.29, 1.82) is 0 Å². The lowest BCUT2D eigenvalue weighted by atomic mass is 9.93. The van der Waals surface area contributed by atoms with E-state index in [0.29, 0.717) is 17.7 Å². The lowest BCUT2D eigenvalue weighted by Crippen LogP contribution is -2.50. The number of nitrogens with zero attached hydrogens (tertiary/aromatic N) is 3. The van der Waals surface area contributed by atoms with E-state index in [0.717, 1.165) is 32.5 Å². The third-order valence-corrected chi connectivity index (χ3v) is 3.48. The van der Waals surface area contributed by atoms with Crippen molar-refractivity contribution in [3.63, 3.8) is 0 Å². The van der Waals surface area contributed by atoms with Crippen LogP contribution in [0.3, 0.4) is 0 Å². The average molecular weight is 251 g/mol. The summed E-state index contributed by atoms with van der Waals surface area (Å²) < 4.78 is 0. The van der Waals surface area contributed by atoms with Gasteiger partial charge < -0.3 is 10.2 Å². The first kappa shape index (κ1) is 13.0. The second kappa shape index (κ2) is 5.95. The summed E-state index contributed by atoms with van der Waals surface area (Å²) in [5.74, 6) is 0.450. The SMILES string of the molecule is CCCNC1CCN(C(=O)c2cn[nH]n2)CC1C. The second-order valence-electron chi connectivity index (χ2n) is 4.93. The highest BCUT2D eigenvalue weighted by molar-refractivity contribution is 5.91. The first-order chi connectivity index (χ1) is 8.72. The lowest BCUT2D eigenvalue weighted by Gasteiger charge is -2.37. The molecule has 1 saturated heterocycles. The van der Waals surface area contributed by atoms with Crippen molar-refractivity contribution < 1.29 is 4.79 Å². The summed E-state index contributed by atoms with van der Waals surface area (Å²) in [4.78, 5) is 14.0. The Kier molecular flexibility index (Phi) is 4.30. The maximum absolute atomic E-state index is 12.1. The van der Waals surface area contributed by atoms with Crippen LogP contribution >= 0.6 is 0 Å². The zero-order chi connectivity index (χ0) is 13.0. The van der Waals surface area contributed by atoms with Crippen LogP contribution in [0.15, 0.2) is 6.20 Å². The number of carbonyl (C=O) groups excluding carboxylic acids is 1. The number of aromatic nitrogens is 3. The van der Waals surface area contributed by atoms with Crippen LogP contribution in [0.25, 0.3) is 0 Å². The smallest absolute Gasteiger partial charge is 0.276 e. The number of nitrogens with one attached hydrogen (secondary N) is 2. The molecule has 1 aliphatic rings. The minimum absolute atomic E-state index is 0.0236. The molecule has 6 heteroatoms. The van der Waals surface area contributed by atoms with Crippen LogP contribution in [0.1, 0.15) is 37.2 Å². The molecule has 2 N–H and O–H groups in total. The summed E-state index contributed by atoms with van der Waals surface area (Å²) >= 11 is 0. The van der Waals surface area contributed by atoms with Gasteiger partial charge in [-0.3, -0.25) is 4.79 Å². The number of aromatic amines is 1. The van der Waals surface area contributed by atoms with Gasteiger partial charge >= 0.3 is 0 Å². The molecule has 0 saturated carbocycles. The third kappa shape index (κ3) is 2.87. The Labute approximate surface area is 107 Å². The number of likely N-dealkylation sites (tertiary alicyclic amines) is 1. The van der Waals surface area contributed by atoms with Gasteiger partial charge in [-0.15, -0.1) is 0 Å². The van der Waals surface area contributed by atoms with Crippen LogP contribution in [0.4, 0.5) is 0 Å². The number of amides is 1. The summed E-state index contributed by atoms with van der Waals surface area (Å²) in [6.07, 6.45) is 3.63. The molecule has 1 aromatic heterocycles. The van der Waals surface area contributed by atoms with E-state index >= 15 is 0 Å². The molecule has 0 aliphatic carbocycles. The first-order valence-corrected chi connectivity index (χ1v) is 6.60. The van der Waals surface area contributed by atoms with Crippen LogP contribution in [0, 0.1) is 5.92 Å². The first-order valence-electron chi connectivity index (χ1n) is 6.60. The van der Waals surface area contributed by atoms with E-state index in [1.807, 2.05) is 4.90 Å². The number of hydrogen-bond donors (Lipinski definition) is 2. The van der Waals surface area contributed by atoms with Gasteiger partial charge in [0.05, 0.1) is 6.20 Å². The second-order valence-corrected chi connectivity index (χ2v) is 4.93. The summed E-state index contributed by atoms with van der Waals surface area (Å²) in [5.41, 5.74) is 0.405. The molecule has 6 nitrogen and oxygen atoms in total. The molecular formula is C12H21N5O. The monoisotopic (exact) mass is 251 g/mol. The van der Waals surface area contributed by atoms with E-state index in [4.69, 9.17) is 0 Å². The van der Waals surface area contributed by atoms with Crippen molar-refractivity contribution in [3.05, 3.63) is 11.9 Å². The normalized spacial score (nSPS) is 24.2. The summed E-state index contributed by atoms with van der Waals surface area (Å²) in [7, 11) is 0. The minimum Gasteiger partial charge on any atom is -0.337 e. The fourth-order valence-electron chi connectivity index (χ4n) is 2.43. The molecule has 0 spiro atoms. The molecular weight excluding hydrogens is 230 g/mol. The standard InChI is InChI=1S/C12H21N5O/c1-3-5-13-10-4-6-17(8-9(10)2)12(18)11-7-14-16-15-11/h7,9-10,13H,3-6,8H2,1-2H3,(H,14,15,16). The maximum atomic E-state index is 12.1. The molecule has 18 heavy (non-hydrogen) atoms. The topological polar surface area (TPSA) is 73.9 Å². The third-order valence-electron chi connectivity index (χ3n) is 3.48. The zero-order valence-electron chi connectivity index (χ0n) is 11.0. The quantitative estimate of drug-likeness (QED) is 0.824. The van der Waals surface area contributed by atoms with Gasteiger partial charge in [-0.1, -0.05) is 13.8 Å². The van der Waals surface area contributed by atoms with E-state index in [2.05, 4.69) is 34.6 Å². The fraction of sp³-hybridized carbons (Fsp3) is 0.750. The molecule has 2 unspecified atom stereocenters. The number of rotatable bonds is 4. The molecule has 1 amide bonds. The van der Waals surface area contributed by atoms with Gasteiger partial charge in [-0.25, -0.2) is 0 Å². The molecule has 2 rings (SSSR count). The van der Waals surface area contributed by atoms with Crippen molar-refractivity contribution in [2.75, 3.05) is 19.6 Å². The van der Waals surface area contributed by atoms with Crippen LogP contribution < -0.4 is 5.32 Å². The Morgan fingerprint density at radius 1 is 1.67 bits per heavy atom. The molecule has 1 aliphatic heterocycles. The highest BCUT2D eigenvalue weighted by Crippen LogP contribution is 2.18. The Morgan fingerprint density at radius 3 is 3.11 bits per heavy atom. The molecule has 0 radical (unpaired) electrons. The Hall–Kier alpha value is -1.43. The van der Waals surface area contributed by atoms with Crippen molar-refractivity contribution in [1.82, 2.24) is 25.6 Å². The van der Waals surface area contributed by atoms with Gasteiger partial charge in [-0.05, 0) is 25.3 Å². The largest absolute Gasteiger partial charge is 0.337 e. The van der Waals surface area contributed by atoms with Crippen molar-refractivity contribution in [3.8, 4) is 0 Å². The number of H-pyrrole nitrogens is 1. The predicted molar refractivity (Wildman–Crippen MR) is 68.1 cm³/mol. The van der Waals surface area contributed by atoms with Gasteiger partial charge in [0.15, 0.2) is 5.69 Å². The van der Waals surface area contributed by atoms with E-state index < -0.39 is 0 Å². The van der Waals surface area contributed by atoms with Crippen molar-refractivity contribution >= 4 is 5.91 Å². The predicted octanol–water partition coefficient (Wildman–Crippen LogP) is 0.655. The Bertz CT molecular complexity index is 378. The Balaban J connectivity index is 1.90. The maximum Gasteiger partial charge on any atom is 0.276 e. The highest BCUT2D eigenvalue weighted by Gasteiger charge is 2.29. The average Bonchev–Trinajstić information content (AvgIpc) is 2.90. The molecule has 100 valence electrons. The van der Waals surface area contributed by atoms with Gasteiger partial charge in [0, 0.05) is 19.1 Å². The van der Waals surface area contributed by atoms with Crippen LogP contribution in [0.2, 0.25) is 0 Å². The zero-order valence-corrected chi connectivity index (χ0v) is 11.0. The molecule has 0 aromatic carbocycles. The lowest BCUT2D eigenvalue weighted by molar-refractivity contribution is 0.0639. The molecule has 0 bridgehead atoms. The fourth-order valence-corrected chi connectivity index (χ4v) is 2.43. The molecule has 1 aromatic rings. The van der Waals surface area contributed by atoms with Crippen LogP contribution in [-0.2, 0) is 0 Å². The van der Waals surface area contributed by atoms with Gasteiger partial charge in [0.1, 0.15) is 0 Å². The van der Waals surface area contributed by atoms with E-state index in [9.17, 15) is 4.79 Å². The minimum atomic E-state index is -0.0236. The number of hydrogen-bond acceptors (Lipinski definition) is 4. The van der Waals surface area contributed by atoms with Crippen molar-refractivity contribution in [2.45, 2.75) is 32.7 Å². The molecule has 1 fully saturated rings. The summed E-state index contributed by atoms with van der Waals surface area (Å²) in [6, 6.07) is 0.520. The van der Waals surface area contributed by atoms with E-state index in [1.54, 1.807) is 0 Å². The highest BCUT2D eigenvalue weighted by atomic mass is 16.2. The summed E-state index contributed by atoms with van der Waals surface area (Å²) in [5, 5.41) is 13.5. The number of carbonyl (C=O) groups is 1. The van der Waals surface area contributed by atoms with E-state index in [-0.39, 0.29) is 5.91 Å². The van der Waals surface area contributed by atoms with Gasteiger partial charge in [-0.2, -0.15) is 15.4 Å². The van der Waals surface area contributed by atoms with E-state index in [1.165, 1.54) is 6.20 Å². The van der Waals surface area contributed by atoms with Crippen LogP contribution in [-0.4, -0.2) is 51.9 Å². The number of piperidine rings is 1.